The molecule has 3 heteroatoms. The fourth-order valence-electron chi connectivity index (χ4n) is 0.481. The average Bonchev–Trinajstić information content (AvgIpc) is 1.83. The van der Waals surface area contributed by atoms with E-state index >= 15 is 0 Å². The first-order valence-corrected chi connectivity index (χ1v) is 4.08. The van der Waals surface area contributed by atoms with Gasteiger partial charge in [-0.2, -0.15) is 0 Å². The molecule has 0 spiro atoms. The van der Waals surface area contributed by atoms with Crippen LogP contribution in [0.15, 0.2) is 0 Å². The van der Waals surface area contributed by atoms with Crippen molar-refractivity contribution in [1.29, 1.82) is 0 Å². The van der Waals surface area contributed by atoms with Crippen LogP contribution in [0.3, 0.4) is 0 Å². The van der Waals surface area contributed by atoms with Gasteiger partial charge in [-0.05, 0) is 6.42 Å². The van der Waals surface area contributed by atoms with Gasteiger partial charge >= 0.3 is 0 Å². The van der Waals surface area contributed by atoms with Crippen molar-refractivity contribution in [2.24, 2.45) is 0 Å². The third kappa shape index (κ3) is 4.35. The summed E-state index contributed by atoms with van der Waals surface area (Å²) in [5.41, 5.74) is 0. The maximum atomic E-state index is 9.97. The summed E-state index contributed by atoms with van der Waals surface area (Å²) < 4.78 is 9.97. The molecule has 0 aliphatic rings. The van der Waals surface area contributed by atoms with Crippen molar-refractivity contribution in [3.05, 3.63) is 0 Å². The van der Waals surface area contributed by atoms with Gasteiger partial charge in [0.1, 0.15) is 5.85 Å². The molecule has 1 N–H and O–H groups in total. The molecule has 0 aliphatic heterocycles. The molecule has 0 rings (SSSR count). The van der Waals surface area contributed by atoms with Crippen LogP contribution in [0.5, 0.6) is 0 Å². The van der Waals surface area contributed by atoms with Crippen LogP contribution in [0.25, 0.3) is 0 Å². The van der Waals surface area contributed by atoms with Crippen LogP contribution >= 0.6 is 8.46 Å². The van der Waals surface area contributed by atoms with Gasteiger partial charge in [-0.15, -0.1) is 0 Å². The zero-order valence-electron chi connectivity index (χ0n) is 5.13. The van der Waals surface area contributed by atoms with Gasteiger partial charge in [0.05, 0.1) is 8.46 Å². The molecular weight excluding hydrogens is 123 g/mol. The molecule has 0 heterocycles. The van der Waals surface area contributed by atoms with E-state index in [9.17, 15) is 4.57 Å². The Hall–Kier alpha value is 0.190. The largest absolute Gasteiger partial charge is 0.386 e. The lowest BCUT2D eigenvalue weighted by molar-refractivity contribution is 0.241. The van der Waals surface area contributed by atoms with Gasteiger partial charge in [-0.25, -0.2) is 0 Å². The summed E-state index contributed by atoms with van der Waals surface area (Å²) in [6.07, 6.45) is 2.75. The second-order valence-electron chi connectivity index (χ2n) is 1.85. The molecule has 2 unspecified atom stereocenters. The first kappa shape index (κ1) is 8.19. The van der Waals surface area contributed by atoms with Crippen molar-refractivity contribution < 1.29 is 9.67 Å². The Balaban J connectivity index is 2.98. The highest BCUT2D eigenvalue weighted by atomic mass is 31.1. The predicted molar refractivity (Wildman–Crippen MR) is 35.9 cm³/mol. The summed E-state index contributed by atoms with van der Waals surface area (Å²) in [6, 6.07) is 0. The maximum absolute atomic E-state index is 9.97. The van der Waals surface area contributed by atoms with E-state index in [-0.39, 0.29) is 0 Å². The minimum Gasteiger partial charge on any atom is -0.386 e. The molecule has 0 fully saturated rings. The summed E-state index contributed by atoms with van der Waals surface area (Å²) in [4.78, 5) is 0. The summed E-state index contributed by atoms with van der Waals surface area (Å²) >= 11 is 0. The van der Waals surface area contributed by atoms with E-state index in [4.69, 9.17) is 5.11 Å². The Morgan fingerprint density at radius 2 is 2.38 bits per heavy atom. The Kier molecular flexibility index (Phi) is 5.46. The first-order valence-electron chi connectivity index (χ1n) is 2.94. The van der Waals surface area contributed by atoms with Gasteiger partial charge in [-0.1, -0.05) is 19.8 Å². The smallest absolute Gasteiger partial charge is 0.102 e. The minimum atomic E-state index is -0.965. The van der Waals surface area contributed by atoms with Crippen LogP contribution in [0.1, 0.15) is 26.2 Å². The highest BCUT2D eigenvalue weighted by Gasteiger charge is 1.96. The molecule has 0 saturated carbocycles. The first-order chi connectivity index (χ1) is 3.81. The van der Waals surface area contributed by atoms with E-state index in [1.165, 1.54) is 0 Å². The normalized spacial score (nSPS) is 15.2. The quantitative estimate of drug-likeness (QED) is 0.590. The molecule has 0 saturated heterocycles. The number of hydrogen-bond donors (Lipinski definition) is 1. The van der Waals surface area contributed by atoms with E-state index in [0.717, 1.165) is 12.8 Å². The lowest BCUT2D eigenvalue weighted by atomic mass is 10.3. The molecule has 0 aromatic carbocycles. The minimum absolute atomic E-state index is 0.519. The molecule has 0 aromatic heterocycles. The van der Waals surface area contributed by atoms with E-state index in [1.54, 1.807) is 0 Å². The van der Waals surface area contributed by atoms with E-state index in [2.05, 4.69) is 0 Å². The molecule has 0 aliphatic carbocycles. The van der Waals surface area contributed by atoms with Crippen molar-refractivity contribution in [3.63, 3.8) is 0 Å². The molecule has 2 atom stereocenters. The molecule has 50 valence electrons. The summed E-state index contributed by atoms with van der Waals surface area (Å²) in [5, 5.41) is 8.71. The van der Waals surface area contributed by atoms with Crippen LogP contribution in [-0.4, -0.2) is 11.0 Å². The van der Waals surface area contributed by atoms with E-state index in [0.29, 0.717) is 6.42 Å². The molecule has 0 bridgehead atoms. The number of aliphatic hydroxyl groups excluding tert-OH is 1. The fourth-order valence-corrected chi connectivity index (χ4v) is 0.853. The number of aliphatic hydroxyl groups is 1. The standard InChI is InChI=1S/C5H13O2P/c1-2-3-4-5(6)8-7/h5-6H,2-4,8H2,1H3. The molecule has 0 radical (unpaired) electrons. The summed E-state index contributed by atoms with van der Waals surface area (Å²) in [7, 11) is -0.965. The number of hydrogen-bond acceptors (Lipinski definition) is 2. The zero-order valence-corrected chi connectivity index (χ0v) is 6.29. The molecule has 0 amide bonds. The van der Waals surface area contributed by atoms with Crippen LogP contribution in [0, 0.1) is 0 Å². The summed E-state index contributed by atoms with van der Waals surface area (Å²) in [5.74, 6) is -0.519. The Morgan fingerprint density at radius 1 is 1.75 bits per heavy atom. The Labute approximate surface area is 51.1 Å². The third-order valence-corrected chi connectivity index (χ3v) is 1.66. The molecule has 8 heavy (non-hydrogen) atoms. The predicted octanol–water partition coefficient (Wildman–Crippen LogP) is 1.25. The maximum Gasteiger partial charge on any atom is 0.102 e. The van der Waals surface area contributed by atoms with Crippen molar-refractivity contribution in [2.45, 2.75) is 32.0 Å². The average molecular weight is 136 g/mol. The Bertz CT molecular complexity index is 65.4. The second-order valence-corrected chi connectivity index (χ2v) is 2.89. The van der Waals surface area contributed by atoms with Gasteiger partial charge in [0.2, 0.25) is 0 Å². The zero-order chi connectivity index (χ0) is 6.41. The summed E-state index contributed by atoms with van der Waals surface area (Å²) in [6.45, 7) is 2.05. The van der Waals surface area contributed by atoms with Crippen molar-refractivity contribution in [3.8, 4) is 0 Å². The Morgan fingerprint density at radius 3 is 2.75 bits per heavy atom. The van der Waals surface area contributed by atoms with Gasteiger partial charge in [-0.3, -0.25) is 0 Å². The number of rotatable bonds is 4. The third-order valence-electron chi connectivity index (χ3n) is 1.01. The molecule has 0 aromatic rings. The highest BCUT2D eigenvalue weighted by molar-refractivity contribution is 7.24. The lowest BCUT2D eigenvalue weighted by Gasteiger charge is -1.98. The van der Waals surface area contributed by atoms with Crippen LogP contribution in [0.4, 0.5) is 0 Å². The van der Waals surface area contributed by atoms with Gasteiger partial charge in [0.25, 0.3) is 0 Å². The highest BCUT2D eigenvalue weighted by Crippen LogP contribution is 2.09. The van der Waals surface area contributed by atoms with Crippen LogP contribution in [0.2, 0.25) is 0 Å². The lowest BCUT2D eigenvalue weighted by Crippen LogP contribution is -1.93. The van der Waals surface area contributed by atoms with E-state index < -0.39 is 14.3 Å². The van der Waals surface area contributed by atoms with E-state index in [1.807, 2.05) is 6.92 Å². The van der Waals surface area contributed by atoms with Crippen LogP contribution in [-0.2, 0) is 4.57 Å². The van der Waals surface area contributed by atoms with Crippen molar-refractivity contribution in [2.75, 3.05) is 0 Å². The fraction of sp³-hybridized carbons (Fsp3) is 1.00. The SMILES string of the molecule is CCCCC(O)[PH2]=O. The molecule has 2 nitrogen and oxygen atoms in total. The van der Waals surface area contributed by atoms with Crippen molar-refractivity contribution >= 4 is 8.46 Å². The second kappa shape index (κ2) is 5.33. The molecular formula is C5H13O2P. The van der Waals surface area contributed by atoms with Gasteiger partial charge in [0.15, 0.2) is 0 Å². The van der Waals surface area contributed by atoms with Crippen molar-refractivity contribution in [1.82, 2.24) is 0 Å². The number of unbranched alkanes of at least 4 members (excludes halogenated alkanes) is 1. The van der Waals surface area contributed by atoms with Crippen LogP contribution < -0.4 is 0 Å². The van der Waals surface area contributed by atoms with Gasteiger partial charge < -0.3 is 9.67 Å². The van der Waals surface area contributed by atoms with Gasteiger partial charge in [0, 0.05) is 0 Å². The monoisotopic (exact) mass is 136 g/mol. The topological polar surface area (TPSA) is 37.3 Å².